The van der Waals surface area contributed by atoms with Crippen molar-refractivity contribution in [3.63, 3.8) is 0 Å². The summed E-state index contributed by atoms with van der Waals surface area (Å²) < 4.78 is 0. The highest BCUT2D eigenvalue weighted by Gasteiger charge is 2.34. The van der Waals surface area contributed by atoms with Gasteiger partial charge in [0.05, 0.1) is 0 Å². The maximum absolute atomic E-state index is 12.6. The predicted molar refractivity (Wildman–Crippen MR) is 109 cm³/mol. The Hall–Kier alpha value is -3.15. The van der Waals surface area contributed by atoms with Crippen molar-refractivity contribution in [1.29, 1.82) is 0 Å². The van der Waals surface area contributed by atoms with Crippen molar-refractivity contribution in [2.45, 2.75) is 27.7 Å². The molecule has 6 nitrogen and oxygen atoms in total. The number of carbonyl (C=O) groups excluding carboxylic acids is 3. The van der Waals surface area contributed by atoms with E-state index < -0.39 is 11.8 Å². The van der Waals surface area contributed by atoms with Gasteiger partial charge in [-0.25, -0.2) is 0 Å². The quantitative estimate of drug-likeness (QED) is 0.831. The lowest BCUT2D eigenvalue weighted by molar-refractivity contribution is -0.147. The number of nitrogens with zero attached hydrogens (tertiary/aromatic N) is 2. The molecule has 1 aliphatic heterocycles. The van der Waals surface area contributed by atoms with Crippen LogP contribution in [0.4, 0.5) is 11.4 Å². The van der Waals surface area contributed by atoms with E-state index in [-0.39, 0.29) is 12.5 Å². The molecule has 6 heteroatoms. The summed E-state index contributed by atoms with van der Waals surface area (Å²) in [5.74, 6) is -1.56. The van der Waals surface area contributed by atoms with Gasteiger partial charge in [-0.3, -0.25) is 14.4 Å². The second kappa shape index (κ2) is 7.84. The summed E-state index contributed by atoms with van der Waals surface area (Å²) in [4.78, 5) is 40.3. The number of carbonyl (C=O) groups is 3. The van der Waals surface area contributed by atoms with Gasteiger partial charge in [-0.05, 0) is 68.1 Å². The van der Waals surface area contributed by atoms with Crippen LogP contribution in [0.5, 0.6) is 0 Å². The highest BCUT2D eigenvalue weighted by molar-refractivity contribution is 6.41. The normalized spacial score (nSPS) is 14.4. The van der Waals surface area contributed by atoms with Crippen LogP contribution in [0, 0.1) is 27.7 Å². The third-order valence-electron chi connectivity index (χ3n) is 4.83. The average molecular weight is 379 g/mol. The minimum atomic E-state index is -0.651. The molecule has 0 spiro atoms. The van der Waals surface area contributed by atoms with E-state index in [0.717, 1.165) is 33.6 Å². The van der Waals surface area contributed by atoms with E-state index in [0.29, 0.717) is 13.1 Å². The molecule has 1 N–H and O–H groups in total. The van der Waals surface area contributed by atoms with Crippen LogP contribution in [0.3, 0.4) is 0 Å². The van der Waals surface area contributed by atoms with Gasteiger partial charge in [0.15, 0.2) is 0 Å². The van der Waals surface area contributed by atoms with Crippen molar-refractivity contribution < 1.29 is 14.4 Å². The first kappa shape index (κ1) is 19.6. The number of anilines is 2. The summed E-state index contributed by atoms with van der Waals surface area (Å²) in [5.41, 5.74) is 5.49. The molecule has 2 aromatic rings. The number of aryl methyl sites for hydroxylation is 4. The van der Waals surface area contributed by atoms with Gasteiger partial charge in [-0.1, -0.05) is 18.2 Å². The van der Waals surface area contributed by atoms with E-state index >= 15 is 0 Å². The molecule has 1 aliphatic rings. The Balaban J connectivity index is 1.67. The molecular weight excluding hydrogens is 354 g/mol. The molecule has 0 radical (unpaired) electrons. The molecule has 0 saturated carbocycles. The lowest BCUT2D eigenvalue weighted by Gasteiger charge is -2.33. The van der Waals surface area contributed by atoms with Crippen LogP contribution in [0.15, 0.2) is 36.4 Å². The number of piperazine rings is 1. The Bertz CT molecular complexity index is 932. The van der Waals surface area contributed by atoms with E-state index in [1.54, 1.807) is 0 Å². The summed E-state index contributed by atoms with van der Waals surface area (Å²) >= 11 is 0. The number of hydrogen-bond acceptors (Lipinski definition) is 3. The standard InChI is InChI=1S/C22H25N3O3/c1-14-5-6-17(4)19(12-14)23-20(26)13-24-7-8-25(22(28)21(24)27)18-10-15(2)9-16(3)11-18/h5-6,9-12H,7-8,13H2,1-4H3,(H,23,26). The first-order chi connectivity index (χ1) is 13.2. The fraction of sp³-hybridized carbons (Fsp3) is 0.318. The van der Waals surface area contributed by atoms with Crippen LogP contribution in [-0.4, -0.2) is 42.3 Å². The molecule has 1 heterocycles. The highest BCUT2D eigenvalue weighted by Crippen LogP contribution is 2.22. The molecule has 146 valence electrons. The summed E-state index contributed by atoms with van der Waals surface area (Å²) in [5, 5.41) is 2.83. The van der Waals surface area contributed by atoms with Crippen LogP contribution >= 0.6 is 0 Å². The van der Waals surface area contributed by atoms with E-state index in [1.807, 2.05) is 64.1 Å². The molecule has 0 aromatic heterocycles. The van der Waals surface area contributed by atoms with Gasteiger partial charge >= 0.3 is 11.8 Å². The summed E-state index contributed by atoms with van der Waals surface area (Å²) in [6, 6.07) is 11.6. The van der Waals surface area contributed by atoms with Gasteiger partial charge in [0, 0.05) is 24.5 Å². The second-order valence-electron chi connectivity index (χ2n) is 7.40. The van der Waals surface area contributed by atoms with Crippen molar-refractivity contribution in [1.82, 2.24) is 4.90 Å². The van der Waals surface area contributed by atoms with E-state index in [4.69, 9.17) is 0 Å². The lowest BCUT2D eigenvalue weighted by Crippen LogP contribution is -2.56. The Morgan fingerprint density at radius 2 is 1.57 bits per heavy atom. The Kier molecular flexibility index (Phi) is 5.49. The summed E-state index contributed by atoms with van der Waals surface area (Å²) in [6.45, 7) is 8.31. The van der Waals surface area contributed by atoms with Crippen LogP contribution < -0.4 is 10.2 Å². The molecule has 28 heavy (non-hydrogen) atoms. The Morgan fingerprint density at radius 1 is 0.893 bits per heavy atom. The van der Waals surface area contributed by atoms with Crippen LogP contribution in [0.25, 0.3) is 0 Å². The van der Waals surface area contributed by atoms with Gasteiger partial charge in [0.1, 0.15) is 6.54 Å². The van der Waals surface area contributed by atoms with Gasteiger partial charge in [0.2, 0.25) is 5.91 Å². The smallest absolute Gasteiger partial charge is 0.316 e. The first-order valence-electron chi connectivity index (χ1n) is 9.31. The SMILES string of the molecule is Cc1cc(C)cc(N2CCN(CC(=O)Nc3cc(C)ccc3C)C(=O)C2=O)c1. The zero-order chi connectivity index (χ0) is 20.4. The first-order valence-corrected chi connectivity index (χ1v) is 9.31. The number of benzene rings is 2. The molecule has 0 unspecified atom stereocenters. The van der Waals surface area contributed by atoms with E-state index in [9.17, 15) is 14.4 Å². The molecule has 0 aliphatic carbocycles. The van der Waals surface area contributed by atoms with Crippen LogP contribution in [-0.2, 0) is 14.4 Å². The zero-order valence-electron chi connectivity index (χ0n) is 16.7. The van der Waals surface area contributed by atoms with Crippen molar-refractivity contribution in [2.24, 2.45) is 0 Å². The molecule has 1 fully saturated rings. The van der Waals surface area contributed by atoms with Gasteiger partial charge in [0.25, 0.3) is 0 Å². The molecule has 1 saturated heterocycles. The summed E-state index contributed by atoms with van der Waals surface area (Å²) in [6.07, 6.45) is 0. The Labute approximate surface area is 165 Å². The highest BCUT2D eigenvalue weighted by atomic mass is 16.2. The topological polar surface area (TPSA) is 69.7 Å². The van der Waals surface area contributed by atoms with Crippen LogP contribution in [0.2, 0.25) is 0 Å². The Morgan fingerprint density at radius 3 is 2.25 bits per heavy atom. The predicted octanol–water partition coefficient (Wildman–Crippen LogP) is 2.73. The third kappa shape index (κ3) is 4.22. The second-order valence-corrected chi connectivity index (χ2v) is 7.40. The van der Waals surface area contributed by atoms with Crippen molar-refractivity contribution in [2.75, 3.05) is 29.9 Å². The molecule has 0 atom stereocenters. The number of nitrogens with one attached hydrogen (secondary N) is 1. The third-order valence-corrected chi connectivity index (χ3v) is 4.83. The molecular formula is C22H25N3O3. The number of hydrogen-bond donors (Lipinski definition) is 1. The summed E-state index contributed by atoms with van der Waals surface area (Å²) in [7, 11) is 0. The zero-order valence-corrected chi connectivity index (χ0v) is 16.7. The van der Waals surface area contributed by atoms with E-state index in [2.05, 4.69) is 5.32 Å². The maximum atomic E-state index is 12.6. The molecule has 0 bridgehead atoms. The van der Waals surface area contributed by atoms with Crippen molar-refractivity contribution >= 4 is 29.1 Å². The fourth-order valence-corrected chi connectivity index (χ4v) is 3.41. The minimum Gasteiger partial charge on any atom is -0.324 e. The lowest BCUT2D eigenvalue weighted by atomic mass is 10.1. The minimum absolute atomic E-state index is 0.140. The van der Waals surface area contributed by atoms with Crippen molar-refractivity contribution in [3.05, 3.63) is 58.7 Å². The fourth-order valence-electron chi connectivity index (χ4n) is 3.41. The maximum Gasteiger partial charge on any atom is 0.316 e. The van der Waals surface area contributed by atoms with Gasteiger partial charge < -0.3 is 15.1 Å². The van der Waals surface area contributed by atoms with E-state index in [1.165, 1.54) is 9.80 Å². The van der Waals surface area contributed by atoms with Gasteiger partial charge in [-0.15, -0.1) is 0 Å². The molecule has 3 rings (SSSR count). The molecule has 3 amide bonds. The number of amides is 3. The van der Waals surface area contributed by atoms with Gasteiger partial charge in [-0.2, -0.15) is 0 Å². The van der Waals surface area contributed by atoms with Crippen molar-refractivity contribution in [3.8, 4) is 0 Å². The average Bonchev–Trinajstić information content (AvgIpc) is 2.61. The monoisotopic (exact) mass is 379 g/mol. The number of rotatable bonds is 4. The molecule has 2 aromatic carbocycles. The largest absolute Gasteiger partial charge is 0.324 e. The van der Waals surface area contributed by atoms with Crippen LogP contribution in [0.1, 0.15) is 22.3 Å².